The lowest BCUT2D eigenvalue weighted by atomic mass is 10.1. The van der Waals surface area contributed by atoms with Gasteiger partial charge in [0, 0.05) is 23.1 Å². The Bertz CT molecular complexity index is 389. The molecule has 2 rings (SSSR count). The minimum Gasteiger partial charge on any atom is -0.395 e. The van der Waals surface area contributed by atoms with E-state index >= 15 is 0 Å². The summed E-state index contributed by atoms with van der Waals surface area (Å²) in [4.78, 5) is 2.05. The SMILES string of the molecule is OCC1COCCN1Cc1ccc(Br)cc1F. The second-order valence-corrected chi connectivity index (χ2v) is 5.03. The maximum atomic E-state index is 13.7. The molecule has 94 valence electrons. The summed E-state index contributed by atoms with van der Waals surface area (Å²) >= 11 is 3.23. The van der Waals surface area contributed by atoms with Gasteiger partial charge in [-0.3, -0.25) is 4.90 Å². The number of nitrogens with zero attached hydrogens (tertiary/aromatic N) is 1. The number of hydrogen-bond donors (Lipinski definition) is 1. The number of rotatable bonds is 3. The maximum absolute atomic E-state index is 13.7. The van der Waals surface area contributed by atoms with Crippen LogP contribution in [0.1, 0.15) is 5.56 Å². The molecule has 1 atom stereocenters. The van der Waals surface area contributed by atoms with E-state index in [0.29, 0.717) is 25.3 Å². The zero-order valence-corrected chi connectivity index (χ0v) is 11.0. The fraction of sp³-hybridized carbons (Fsp3) is 0.500. The van der Waals surface area contributed by atoms with Gasteiger partial charge in [0.2, 0.25) is 0 Å². The fourth-order valence-electron chi connectivity index (χ4n) is 1.93. The van der Waals surface area contributed by atoms with Crippen molar-refractivity contribution in [2.75, 3.05) is 26.4 Å². The molecule has 17 heavy (non-hydrogen) atoms. The number of hydrogen-bond acceptors (Lipinski definition) is 3. The van der Waals surface area contributed by atoms with Crippen molar-refractivity contribution >= 4 is 15.9 Å². The van der Waals surface area contributed by atoms with E-state index in [0.717, 1.165) is 11.0 Å². The van der Waals surface area contributed by atoms with Crippen LogP contribution in [0.2, 0.25) is 0 Å². The van der Waals surface area contributed by atoms with Crippen LogP contribution < -0.4 is 0 Å². The van der Waals surface area contributed by atoms with Crippen LogP contribution in [-0.4, -0.2) is 42.4 Å². The molecule has 3 nitrogen and oxygen atoms in total. The summed E-state index contributed by atoms with van der Waals surface area (Å²) in [6, 6.07) is 5.02. The topological polar surface area (TPSA) is 32.7 Å². The average Bonchev–Trinajstić information content (AvgIpc) is 2.33. The van der Waals surface area contributed by atoms with Crippen molar-refractivity contribution < 1.29 is 14.2 Å². The zero-order chi connectivity index (χ0) is 12.3. The first-order valence-corrected chi connectivity index (χ1v) is 6.36. The van der Waals surface area contributed by atoms with Crippen molar-refractivity contribution in [2.45, 2.75) is 12.6 Å². The summed E-state index contributed by atoms with van der Waals surface area (Å²) in [5, 5.41) is 9.23. The van der Waals surface area contributed by atoms with E-state index in [1.807, 2.05) is 6.07 Å². The van der Waals surface area contributed by atoms with Crippen molar-refractivity contribution in [1.29, 1.82) is 0 Å². The molecule has 0 radical (unpaired) electrons. The van der Waals surface area contributed by atoms with E-state index in [4.69, 9.17) is 4.74 Å². The standard InChI is InChI=1S/C12H15BrFNO2/c13-10-2-1-9(12(14)5-10)6-15-3-4-17-8-11(15)7-16/h1-2,5,11,16H,3-4,6-8H2. The Labute approximate surface area is 108 Å². The Kier molecular flexibility index (Phi) is 4.50. The highest BCUT2D eigenvalue weighted by atomic mass is 79.9. The van der Waals surface area contributed by atoms with Crippen LogP contribution in [0.3, 0.4) is 0 Å². The van der Waals surface area contributed by atoms with Gasteiger partial charge in [0.05, 0.1) is 25.9 Å². The first kappa shape index (κ1) is 13.0. The highest BCUT2D eigenvalue weighted by molar-refractivity contribution is 9.10. The van der Waals surface area contributed by atoms with E-state index in [-0.39, 0.29) is 18.5 Å². The molecule has 1 unspecified atom stereocenters. The fourth-order valence-corrected chi connectivity index (χ4v) is 2.27. The normalized spacial score (nSPS) is 21.7. The molecular formula is C12H15BrFNO2. The van der Waals surface area contributed by atoms with Crippen LogP contribution in [0.4, 0.5) is 4.39 Å². The van der Waals surface area contributed by atoms with E-state index in [1.165, 1.54) is 6.07 Å². The van der Waals surface area contributed by atoms with Crippen LogP contribution in [0, 0.1) is 5.82 Å². The Balaban J connectivity index is 2.08. The molecule has 0 aromatic heterocycles. The second-order valence-electron chi connectivity index (χ2n) is 4.12. The average molecular weight is 304 g/mol. The summed E-state index contributed by atoms with van der Waals surface area (Å²) in [6.07, 6.45) is 0. The molecule has 0 amide bonds. The van der Waals surface area contributed by atoms with Crippen molar-refractivity contribution in [1.82, 2.24) is 4.90 Å². The number of ether oxygens (including phenoxy) is 1. The summed E-state index contributed by atoms with van der Waals surface area (Å²) in [5.41, 5.74) is 0.647. The first-order valence-electron chi connectivity index (χ1n) is 5.57. The zero-order valence-electron chi connectivity index (χ0n) is 9.40. The largest absolute Gasteiger partial charge is 0.395 e. The molecule has 1 aliphatic rings. The van der Waals surface area contributed by atoms with Gasteiger partial charge in [0.15, 0.2) is 0 Å². The van der Waals surface area contributed by atoms with Gasteiger partial charge in [0.1, 0.15) is 5.82 Å². The molecular weight excluding hydrogens is 289 g/mol. The number of halogens is 2. The molecule has 0 spiro atoms. The number of aliphatic hydroxyl groups excluding tert-OH is 1. The van der Waals surface area contributed by atoms with E-state index in [1.54, 1.807) is 6.07 Å². The van der Waals surface area contributed by atoms with Crippen molar-refractivity contribution in [3.63, 3.8) is 0 Å². The minimum atomic E-state index is -0.220. The lowest BCUT2D eigenvalue weighted by Gasteiger charge is -2.34. The van der Waals surface area contributed by atoms with Gasteiger partial charge < -0.3 is 9.84 Å². The van der Waals surface area contributed by atoms with Gasteiger partial charge in [-0.15, -0.1) is 0 Å². The van der Waals surface area contributed by atoms with Gasteiger partial charge in [-0.1, -0.05) is 22.0 Å². The quantitative estimate of drug-likeness (QED) is 0.924. The van der Waals surface area contributed by atoms with Crippen LogP contribution in [0.15, 0.2) is 22.7 Å². The number of aliphatic hydroxyl groups is 1. The third-order valence-corrected chi connectivity index (χ3v) is 3.44. The number of benzene rings is 1. The molecule has 1 N–H and O–H groups in total. The van der Waals surface area contributed by atoms with Crippen molar-refractivity contribution in [3.8, 4) is 0 Å². The highest BCUT2D eigenvalue weighted by Gasteiger charge is 2.23. The van der Waals surface area contributed by atoms with Gasteiger partial charge in [-0.05, 0) is 12.1 Å². The Morgan fingerprint density at radius 1 is 1.53 bits per heavy atom. The number of morpholine rings is 1. The van der Waals surface area contributed by atoms with Crippen molar-refractivity contribution in [2.24, 2.45) is 0 Å². The molecule has 0 aliphatic carbocycles. The first-order chi connectivity index (χ1) is 8.20. The summed E-state index contributed by atoms with van der Waals surface area (Å²) < 4.78 is 19.7. The molecule has 1 saturated heterocycles. The third-order valence-electron chi connectivity index (χ3n) is 2.95. The van der Waals surface area contributed by atoms with Crippen LogP contribution in [0.5, 0.6) is 0 Å². The Morgan fingerprint density at radius 3 is 3.06 bits per heavy atom. The molecule has 1 aromatic rings. The molecule has 0 saturated carbocycles. The van der Waals surface area contributed by atoms with E-state index in [9.17, 15) is 9.50 Å². The van der Waals surface area contributed by atoms with E-state index < -0.39 is 0 Å². The molecule has 0 bridgehead atoms. The van der Waals surface area contributed by atoms with E-state index in [2.05, 4.69) is 20.8 Å². The molecule has 1 aliphatic heterocycles. The van der Waals surface area contributed by atoms with Gasteiger partial charge >= 0.3 is 0 Å². The third kappa shape index (κ3) is 3.25. The summed E-state index contributed by atoms with van der Waals surface area (Å²) in [6.45, 7) is 2.41. The minimum absolute atomic E-state index is 0.0354. The summed E-state index contributed by atoms with van der Waals surface area (Å²) in [5.74, 6) is -0.220. The van der Waals surface area contributed by atoms with Gasteiger partial charge in [0.25, 0.3) is 0 Å². The molecule has 5 heteroatoms. The smallest absolute Gasteiger partial charge is 0.128 e. The van der Waals surface area contributed by atoms with Gasteiger partial charge in [-0.2, -0.15) is 0 Å². The molecule has 1 heterocycles. The van der Waals surface area contributed by atoms with Crippen LogP contribution in [0.25, 0.3) is 0 Å². The molecule has 1 aromatic carbocycles. The van der Waals surface area contributed by atoms with Gasteiger partial charge in [-0.25, -0.2) is 4.39 Å². The monoisotopic (exact) mass is 303 g/mol. The highest BCUT2D eigenvalue weighted by Crippen LogP contribution is 2.18. The van der Waals surface area contributed by atoms with Crippen LogP contribution in [-0.2, 0) is 11.3 Å². The Hall–Kier alpha value is -0.490. The maximum Gasteiger partial charge on any atom is 0.128 e. The Morgan fingerprint density at radius 2 is 2.35 bits per heavy atom. The predicted molar refractivity (Wildman–Crippen MR) is 66.2 cm³/mol. The van der Waals surface area contributed by atoms with Crippen molar-refractivity contribution in [3.05, 3.63) is 34.1 Å². The second kappa shape index (κ2) is 5.91. The lowest BCUT2D eigenvalue weighted by molar-refractivity contribution is -0.0316. The lowest BCUT2D eigenvalue weighted by Crippen LogP contribution is -2.46. The predicted octanol–water partition coefficient (Wildman–Crippen LogP) is 1.78. The van der Waals surface area contributed by atoms with Crippen LogP contribution >= 0.6 is 15.9 Å². The molecule has 1 fully saturated rings. The summed E-state index contributed by atoms with van der Waals surface area (Å²) in [7, 11) is 0.